The van der Waals surface area contributed by atoms with Crippen LogP contribution in [0.3, 0.4) is 0 Å². The van der Waals surface area contributed by atoms with Gasteiger partial charge in [-0.3, -0.25) is 0 Å². The molecule has 0 bridgehead atoms. The van der Waals surface area contributed by atoms with Gasteiger partial charge in [0.05, 0.1) is 5.69 Å². The molecule has 2 rings (SSSR count). The second-order valence-corrected chi connectivity index (χ2v) is 6.33. The Hall–Kier alpha value is -1.03. The Morgan fingerprint density at radius 3 is 2.63 bits per heavy atom. The third-order valence-electron chi connectivity index (χ3n) is 4.01. The maximum Gasteiger partial charge on any atom is 0.203 e. The highest BCUT2D eigenvalue weighted by Gasteiger charge is 2.24. The third-order valence-corrected chi connectivity index (χ3v) is 4.01. The van der Waals surface area contributed by atoms with Crippen molar-refractivity contribution in [3.63, 3.8) is 0 Å². The summed E-state index contributed by atoms with van der Waals surface area (Å²) < 4.78 is 2.23. The zero-order chi connectivity index (χ0) is 14.0. The summed E-state index contributed by atoms with van der Waals surface area (Å²) in [6.45, 7) is 14.5. The van der Waals surface area contributed by atoms with Crippen molar-refractivity contribution in [3.05, 3.63) is 11.9 Å². The first-order valence-electron chi connectivity index (χ1n) is 7.50. The van der Waals surface area contributed by atoms with Gasteiger partial charge in [-0.05, 0) is 53.5 Å². The molecule has 108 valence electrons. The summed E-state index contributed by atoms with van der Waals surface area (Å²) in [5.41, 5.74) is 1.09. The number of rotatable bonds is 5. The molecular formula is C15H28N4. The zero-order valence-electron chi connectivity index (χ0n) is 13.0. The number of nitrogens with one attached hydrogen (secondary N) is 1. The Kier molecular flexibility index (Phi) is 4.50. The lowest BCUT2D eigenvalue weighted by Crippen LogP contribution is -2.29. The summed E-state index contributed by atoms with van der Waals surface area (Å²) >= 11 is 0. The van der Waals surface area contributed by atoms with Crippen LogP contribution in [0.25, 0.3) is 0 Å². The van der Waals surface area contributed by atoms with E-state index >= 15 is 0 Å². The fraction of sp³-hybridized carbons (Fsp3) is 0.800. The Morgan fingerprint density at radius 1 is 1.32 bits per heavy atom. The first kappa shape index (κ1) is 14.4. The van der Waals surface area contributed by atoms with Gasteiger partial charge in [-0.15, -0.1) is 0 Å². The summed E-state index contributed by atoms with van der Waals surface area (Å²) in [7, 11) is 0. The van der Waals surface area contributed by atoms with Crippen molar-refractivity contribution >= 4 is 5.95 Å². The molecule has 0 radical (unpaired) electrons. The molecule has 1 aliphatic heterocycles. The predicted octanol–water partition coefficient (Wildman–Crippen LogP) is 2.91. The van der Waals surface area contributed by atoms with Crippen LogP contribution >= 0.6 is 0 Å². The van der Waals surface area contributed by atoms with Crippen LogP contribution < -0.4 is 5.32 Å². The van der Waals surface area contributed by atoms with E-state index in [2.05, 4.69) is 60.6 Å². The number of hydrogen-bond acceptors (Lipinski definition) is 3. The molecule has 19 heavy (non-hydrogen) atoms. The lowest BCUT2D eigenvalue weighted by molar-refractivity contribution is 0.266. The highest BCUT2D eigenvalue weighted by molar-refractivity contribution is 5.29. The first-order chi connectivity index (χ1) is 8.97. The van der Waals surface area contributed by atoms with E-state index in [0.717, 1.165) is 24.1 Å². The van der Waals surface area contributed by atoms with Crippen molar-refractivity contribution in [1.82, 2.24) is 14.5 Å². The van der Waals surface area contributed by atoms with E-state index < -0.39 is 0 Å². The average Bonchev–Trinajstić information content (AvgIpc) is 2.92. The van der Waals surface area contributed by atoms with Crippen LogP contribution in [0, 0.1) is 12.8 Å². The standard InChI is InChI=1S/C15H28N4/c1-11(2)18-7-6-14(10-18)8-16-15-17-13(5)9-19(15)12(3)4/h9,11-12,14H,6-8,10H2,1-5H3,(H,16,17). The minimum atomic E-state index is 0.458. The topological polar surface area (TPSA) is 33.1 Å². The van der Waals surface area contributed by atoms with Gasteiger partial charge < -0.3 is 14.8 Å². The van der Waals surface area contributed by atoms with Gasteiger partial charge in [0, 0.05) is 31.4 Å². The van der Waals surface area contributed by atoms with Crippen LogP contribution in [0.1, 0.15) is 45.9 Å². The van der Waals surface area contributed by atoms with E-state index in [1.54, 1.807) is 0 Å². The second kappa shape index (κ2) is 5.95. The largest absolute Gasteiger partial charge is 0.355 e. The molecule has 1 unspecified atom stereocenters. The van der Waals surface area contributed by atoms with Crippen molar-refractivity contribution < 1.29 is 0 Å². The SMILES string of the molecule is Cc1cn(C(C)C)c(NCC2CCN(C(C)C)C2)n1. The maximum absolute atomic E-state index is 4.59. The zero-order valence-corrected chi connectivity index (χ0v) is 13.0. The first-order valence-corrected chi connectivity index (χ1v) is 7.50. The maximum atomic E-state index is 4.59. The molecule has 0 saturated carbocycles. The Bertz CT molecular complexity index is 408. The number of aromatic nitrogens is 2. The van der Waals surface area contributed by atoms with Crippen molar-refractivity contribution in [3.8, 4) is 0 Å². The van der Waals surface area contributed by atoms with E-state index in [0.29, 0.717) is 12.1 Å². The molecule has 1 saturated heterocycles. The van der Waals surface area contributed by atoms with Crippen molar-refractivity contribution in [2.75, 3.05) is 25.0 Å². The molecule has 4 nitrogen and oxygen atoms in total. The quantitative estimate of drug-likeness (QED) is 0.887. The molecule has 1 atom stereocenters. The van der Waals surface area contributed by atoms with Crippen LogP contribution in [0.15, 0.2) is 6.20 Å². The number of nitrogens with zero attached hydrogens (tertiary/aromatic N) is 3. The molecule has 0 spiro atoms. The molecule has 4 heteroatoms. The summed E-state index contributed by atoms with van der Waals surface area (Å²) in [5.74, 6) is 1.77. The van der Waals surface area contributed by atoms with Gasteiger partial charge in [0.15, 0.2) is 0 Å². The van der Waals surface area contributed by atoms with Gasteiger partial charge in [-0.1, -0.05) is 0 Å². The highest BCUT2D eigenvalue weighted by atomic mass is 15.2. The Balaban J connectivity index is 1.89. The molecule has 1 aromatic heterocycles. The van der Waals surface area contributed by atoms with Gasteiger partial charge in [0.25, 0.3) is 0 Å². The van der Waals surface area contributed by atoms with Gasteiger partial charge in [0.1, 0.15) is 0 Å². The van der Waals surface area contributed by atoms with Crippen molar-refractivity contribution in [2.45, 2.75) is 53.1 Å². The van der Waals surface area contributed by atoms with Gasteiger partial charge in [0.2, 0.25) is 5.95 Å². The van der Waals surface area contributed by atoms with Crippen LogP contribution in [0.5, 0.6) is 0 Å². The molecule has 1 aliphatic rings. The molecule has 1 aromatic rings. The number of anilines is 1. The van der Waals surface area contributed by atoms with E-state index in [4.69, 9.17) is 0 Å². The lowest BCUT2D eigenvalue weighted by Gasteiger charge is -2.20. The molecule has 1 N–H and O–H groups in total. The smallest absolute Gasteiger partial charge is 0.203 e. The lowest BCUT2D eigenvalue weighted by atomic mass is 10.1. The number of likely N-dealkylation sites (tertiary alicyclic amines) is 1. The highest BCUT2D eigenvalue weighted by Crippen LogP contribution is 2.20. The van der Waals surface area contributed by atoms with Gasteiger partial charge in [-0.25, -0.2) is 4.98 Å². The van der Waals surface area contributed by atoms with Crippen LogP contribution in [-0.4, -0.2) is 40.1 Å². The molecule has 0 aromatic carbocycles. The second-order valence-electron chi connectivity index (χ2n) is 6.33. The van der Waals surface area contributed by atoms with E-state index in [-0.39, 0.29) is 0 Å². The molecule has 0 aliphatic carbocycles. The normalized spacial score (nSPS) is 20.7. The van der Waals surface area contributed by atoms with Crippen LogP contribution in [0.2, 0.25) is 0 Å². The Morgan fingerprint density at radius 2 is 2.05 bits per heavy atom. The third kappa shape index (κ3) is 3.50. The average molecular weight is 264 g/mol. The number of aryl methyl sites for hydroxylation is 1. The molecular weight excluding hydrogens is 236 g/mol. The molecule has 0 amide bonds. The van der Waals surface area contributed by atoms with E-state index in [1.807, 2.05) is 0 Å². The van der Waals surface area contributed by atoms with Crippen LogP contribution in [0.4, 0.5) is 5.95 Å². The van der Waals surface area contributed by atoms with Gasteiger partial charge in [-0.2, -0.15) is 0 Å². The molecule has 2 heterocycles. The van der Waals surface area contributed by atoms with Gasteiger partial charge >= 0.3 is 0 Å². The van der Waals surface area contributed by atoms with E-state index in [1.165, 1.54) is 19.5 Å². The van der Waals surface area contributed by atoms with Crippen molar-refractivity contribution in [1.29, 1.82) is 0 Å². The molecule has 1 fully saturated rings. The summed E-state index contributed by atoms with van der Waals surface area (Å²) in [6, 6.07) is 1.13. The summed E-state index contributed by atoms with van der Waals surface area (Å²) in [5, 5.41) is 3.54. The monoisotopic (exact) mass is 264 g/mol. The summed E-state index contributed by atoms with van der Waals surface area (Å²) in [6.07, 6.45) is 3.43. The van der Waals surface area contributed by atoms with E-state index in [9.17, 15) is 0 Å². The number of imidazole rings is 1. The Labute approximate surface area is 117 Å². The fourth-order valence-electron chi connectivity index (χ4n) is 2.77. The summed E-state index contributed by atoms with van der Waals surface area (Å²) in [4.78, 5) is 7.15. The number of hydrogen-bond donors (Lipinski definition) is 1. The minimum Gasteiger partial charge on any atom is -0.355 e. The fourth-order valence-corrected chi connectivity index (χ4v) is 2.77. The van der Waals surface area contributed by atoms with Crippen LogP contribution in [-0.2, 0) is 0 Å². The predicted molar refractivity (Wildman–Crippen MR) is 80.7 cm³/mol. The van der Waals surface area contributed by atoms with Crippen molar-refractivity contribution in [2.24, 2.45) is 5.92 Å². The minimum absolute atomic E-state index is 0.458.